The van der Waals surface area contributed by atoms with E-state index in [1.165, 1.54) is 12.8 Å². The number of nitrogens with zero attached hydrogens (tertiary/aromatic N) is 3. The second kappa shape index (κ2) is 9.08. The van der Waals surface area contributed by atoms with Crippen LogP contribution in [0.4, 0.5) is 0 Å². The van der Waals surface area contributed by atoms with Crippen LogP contribution in [0, 0.1) is 11.8 Å². The Morgan fingerprint density at radius 1 is 1.21 bits per heavy atom. The minimum Gasteiger partial charge on any atom is -0.316 e. The molecule has 1 aromatic heterocycles. The average molecular weight is 266 g/mol. The van der Waals surface area contributed by atoms with Crippen LogP contribution >= 0.6 is 0 Å². The van der Waals surface area contributed by atoms with E-state index >= 15 is 0 Å². The van der Waals surface area contributed by atoms with Crippen molar-refractivity contribution in [3.8, 4) is 0 Å². The van der Waals surface area contributed by atoms with E-state index in [2.05, 4.69) is 47.8 Å². The Balaban J connectivity index is 2.49. The highest BCUT2D eigenvalue weighted by atomic mass is 15.3. The van der Waals surface area contributed by atoms with Crippen LogP contribution in [-0.4, -0.2) is 27.9 Å². The van der Waals surface area contributed by atoms with E-state index in [1.54, 1.807) is 6.33 Å². The SMILES string of the molecule is CCCC(CNCC(C)C)Cc1ncnn1CCC. The van der Waals surface area contributed by atoms with Gasteiger partial charge in [-0.25, -0.2) is 4.98 Å². The van der Waals surface area contributed by atoms with Gasteiger partial charge in [-0.05, 0) is 37.8 Å². The van der Waals surface area contributed by atoms with Gasteiger partial charge in [0.05, 0.1) is 0 Å². The Morgan fingerprint density at radius 3 is 2.63 bits per heavy atom. The third-order valence-electron chi connectivity index (χ3n) is 3.28. The third kappa shape index (κ3) is 6.19. The van der Waals surface area contributed by atoms with Crippen LogP contribution in [0.2, 0.25) is 0 Å². The minimum atomic E-state index is 0.670. The lowest BCUT2D eigenvalue weighted by atomic mass is 9.99. The zero-order chi connectivity index (χ0) is 14.1. The van der Waals surface area contributed by atoms with Gasteiger partial charge in [0, 0.05) is 13.0 Å². The molecule has 4 nitrogen and oxygen atoms in total. The lowest BCUT2D eigenvalue weighted by Crippen LogP contribution is -2.28. The number of hydrogen-bond donors (Lipinski definition) is 1. The molecule has 0 saturated carbocycles. The zero-order valence-electron chi connectivity index (χ0n) is 13.0. The van der Waals surface area contributed by atoms with Crippen molar-refractivity contribution >= 4 is 0 Å². The monoisotopic (exact) mass is 266 g/mol. The summed E-state index contributed by atoms with van der Waals surface area (Å²) in [6.07, 6.45) is 6.33. The fourth-order valence-corrected chi connectivity index (χ4v) is 2.36. The van der Waals surface area contributed by atoms with E-state index in [9.17, 15) is 0 Å². The summed E-state index contributed by atoms with van der Waals surface area (Å²) in [4.78, 5) is 4.42. The van der Waals surface area contributed by atoms with Gasteiger partial charge < -0.3 is 5.32 Å². The van der Waals surface area contributed by atoms with Gasteiger partial charge in [0.2, 0.25) is 0 Å². The molecule has 0 radical (unpaired) electrons. The summed E-state index contributed by atoms with van der Waals surface area (Å²) in [5, 5.41) is 7.89. The molecule has 1 unspecified atom stereocenters. The summed E-state index contributed by atoms with van der Waals surface area (Å²) in [6.45, 7) is 12.1. The van der Waals surface area contributed by atoms with Gasteiger partial charge >= 0.3 is 0 Å². The number of aromatic nitrogens is 3. The first-order valence-corrected chi connectivity index (χ1v) is 7.74. The Kier molecular flexibility index (Phi) is 7.72. The summed E-state index contributed by atoms with van der Waals surface area (Å²) in [7, 11) is 0. The maximum atomic E-state index is 4.42. The standard InChI is InChI=1S/C15H30N4/c1-5-7-14(11-16-10-13(3)4)9-15-17-12-18-19(15)8-6-2/h12-14,16H,5-11H2,1-4H3. The minimum absolute atomic E-state index is 0.670. The highest BCUT2D eigenvalue weighted by Gasteiger charge is 2.13. The molecule has 0 aromatic carbocycles. The largest absolute Gasteiger partial charge is 0.316 e. The number of nitrogens with one attached hydrogen (secondary N) is 1. The molecule has 4 heteroatoms. The van der Waals surface area contributed by atoms with Crippen molar-refractivity contribution in [1.82, 2.24) is 20.1 Å². The molecule has 0 bridgehead atoms. The lowest BCUT2D eigenvalue weighted by Gasteiger charge is -2.17. The summed E-state index contributed by atoms with van der Waals surface area (Å²) in [5.41, 5.74) is 0. The summed E-state index contributed by atoms with van der Waals surface area (Å²) in [6, 6.07) is 0. The zero-order valence-corrected chi connectivity index (χ0v) is 13.0. The predicted molar refractivity (Wildman–Crippen MR) is 80.1 cm³/mol. The molecule has 0 aliphatic rings. The molecule has 0 saturated heterocycles. The summed E-state index contributed by atoms with van der Waals surface area (Å²) < 4.78 is 2.06. The number of aryl methyl sites for hydroxylation is 1. The molecule has 0 spiro atoms. The van der Waals surface area contributed by atoms with Crippen molar-refractivity contribution in [3.05, 3.63) is 12.2 Å². The highest BCUT2D eigenvalue weighted by molar-refractivity contribution is 4.88. The molecule has 0 amide bonds. The molecular formula is C15H30N4. The molecular weight excluding hydrogens is 236 g/mol. The van der Waals surface area contributed by atoms with Crippen molar-refractivity contribution < 1.29 is 0 Å². The van der Waals surface area contributed by atoms with Crippen molar-refractivity contribution in [3.63, 3.8) is 0 Å². The van der Waals surface area contributed by atoms with Gasteiger partial charge in [-0.1, -0.05) is 34.1 Å². The van der Waals surface area contributed by atoms with Crippen LogP contribution in [-0.2, 0) is 13.0 Å². The topological polar surface area (TPSA) is 42.7 Å². The molecule has 1 N–H and O–H groups in total. The van der Waals surface area contributed by atoms with Crippen molar-refractivity contribution in [2.75, 3.05) is 13.1 Å². The van der Waals surface area contributed by atoms with Crippen molar-refractivity contribution in [2.45, 2.75) is 59.9 Å². The van der Waals surface area contributed by atoms with Gasteiger partial charge in [0.25, 0.3) is 0 Å². The Labute approximate surface area is 118 Å². The fraction of sp³-hybridized carbons (Fsp3) is 0.867. The van der Waals surface area contributed by atoms with Crippen molar-refractivity contribution in [2.24, 2.45) is 11.8 Å². The van der Waals surface area contributed by atoms with E-state index < -0.39 is 0 Å². The van der Waals surface area contributed by atoms with Crippen LogP contribution in [0.1, 0.15) is 52.8 Å². The fourth-order valence-electron chi connectivity index (χ4n) is 2.36. The lowest BCUT2D eigenvalue weighted by molar-refractivity contribution is 0.404. The first kappa shape index (κ1) is 16.2. The third-order valence-corrected chi connectivity index (χ3v) is 3.28. The second-order valence-electron chi connectivity index (χ2n) is 5.81. The van der Waals surface area contributed by atoms with Gasteiger partial charge in [0.1, 0.15) is 12.2 Å². The maximum Gasteiger partial charge on any atom is 0.138 e. The highest BCUT2D eigenvalue weighted by Crippen LogP contribution is 2.12. The Bertz CT molecular complexity index is 333. The van der Waals surface area contributed by atoms with Crippen molar-refractivity contribution in [1.29, 1.82) is 0 Å². The molecule has 0 aliphatic heterocycles. The average Bonchev–Trinajstić information content (AvgIpc) is 2.77. The normalized spacial score (nSPS) is 13.1. The predicted octanol–water partition coefficient (Wildman–Crippen LogP) is 2.89. The Hall–Kier alpha value is -0.900. The smallest absolute Gasteiger partial charge is 0.138 e. The van der Waals surface area contributed by atoms with Gasteiger partial charge in [-0.2, -0.15) is 5.10 Å². The molecule has 0 fully saturated rings. The molecule has 0 aliphatic carbocycles. The van der Waals surface area contributed by atoms with E-state index in [4.69, 9.17) is 0 Å². The first-order chi connectivity index (χ1) is 9.17. The number of rotatable bonds is 10. The molecule has 1 atom stereocenters. The molecule has 1 aromatic rings. The second-order valence-corrected chi connectivity index (χ2v) is 5.81. The van der Waals surface area contributed by atoms with E-state index in [-0.39, 0.29) is 0 Å². The molecule has 19 heavy (non-hydrogen) atoms. The van der Waals surface area contributed by atoms with Gasteiger partial charge in [-0.3, -0.25) is 4.68 Å². The van der Waals surface area contributed by atoms with Gasteiger partial charge in [0.15, 0.2) is 0 Å². The van der Waals surface area contributed by atoms with Crippen LogP contribution in [0.5, 0.6) is 0 Å². The van der Waals surface area contributed by atoms with Crippen LogP contribution in [0.25, 0.3) is 0 Å². The molecule has 1 rings (SSSR count). The molecule has 110 valence electrons. The molecule has 1 heterocycles. The van der Waals surface area contributed by atoms with Crippen LogP contribution in [0.15, 0.2) is 6.33 Å². The maximum absolute atomic E-state index is 4.42. The van der Waals surface area contributed by atoms with Gasteiger partial charge in [-0.15, -0.1) is 0 Å². The van der Waals surface area contributed by atoms with E-state index in [1.807, 2.05) is 0 Å². The quantitative estimate of drug-likeness (QED) is 0.708. The van der Waals surface area contributed by atoms with Crippen LogP contribution < -0.4 is 5.32 Å². The number of hydrogen-bond acceptors (Lipinski definition) is 3. The first-order valence-electron chi connectivity index (χ1n) is 7.74. The Morgan fingerprint density at radius 2 is 2.00 bits per heavy atom. The van der Waals surface area contributed by atoms with Crippen LogP contribution in [0.3, 0.4) is 0 Å². The summed E-state index contributed by atoms with van der Waals surface area (Å²) in [5.74, 6) is 2.53. The van der Waals surface area contributed by atoms with E-state index in [0.717, 1.165) is 38.3 Å². The van der Waals surface area contributed by atoms with E-state index in [0.29, 0.717) is 11.8 Å². The summed E-state index contributed by atoms with van der Waals surface area (Å²) >= 11 is 0.